The number of nitriles is 1. The zero-order valence-electron chi connectivity index (χ0n) is 10.9. The second-order valence-electron chi connectivity index (χ2n) is 3.80. The molecular formula is C12H15N3O4S. The Morgan fingerprint density at radius 2 is 2.00 bits per heavy atom. The maximum absolute atomic E-state index is 11.9. The van der Waals surface area contributed by atoms with Crippen molar-refractivity contribution in [2.45, 2.75) is 4.90 Å². The van der Waals surface area contributed by atoms with E-state index in [-0.39, 0.29) is 11.4 Å². The van der Waals surface area contributed by atoms with E-state index in [9.17, 15) is 13.2 Å². The van der Waals surface area contributed by atoms with Crippen LogP contribution in [-0.2, 0) is 19.6 Å². The van der Waals surface area contributed by atoms with E-state index in [0.29, 0.717) is 18.7 Å². The van der Waals surface area contributed by atoms with Crippen LogP contribution < -0.4 is 10.0 Å². The Labute approximate surface area is 117 Å². The summed E-state index contributed by atoms with van der Waals surface area (Å²) in [5, 5.41) is 11.1. The molecule has 0 saturated heterocycles. The minimum Gasteiger partial charge on any atom is -0.383 e. The lowest BCUT2D eigenvalue weighted by Gasteiger charge is -2.07. The van der Waals surface area contributed by atoms with Gasteiger partial charge in [0.05, 0.1) is 29.7 Å². The molecule has 0 bridgehead atoms. The van der Waals surface area contributed by atoms with E-state index in [1.165, 1.54) is 31.4 Å². The third-order valence-corrected chi connectivity index (χ3v) is 3.76. The number of hydrogen-bond donors (Lipinski definition) is 2. The summed E-state index contributed by atoms with van der Waals surface area (Å²) in [5.74, 6) is -0.445. The number of carbonyl (C=O) groups excluding carboxylic acids is 1. The van der Waals surface area contributed by atoms with Gasteiger partial charge in [0, 0.05) is 13.7 Å². The van der Waals surface area contributed by atoms with Crippen molar-refractivity contribution in [1.82, 2.24) is 10.0 Å². The normalized spacial score (nSPS) is 10.8. The average molecular weight is 297 g/mol. The lowest BCUT2D eigenvalue weighted by Crippen LogP contribution is -2.38. The van der Waals surface area contributed by atoms with Crippen LogP contribution in [0.25, 0.3) is 0 Å². The molecular weight excluding hydrogens is 282 g/mol. The molecule has 7 nitrogen and oxygen atoms in total. The first-order valence-corrected chi connectivity index (χ1v) is 7.23. The van der Waals surface area contributed by atoms with E-state index in [1.807, 2.05) is 6.07 Å². The van der Waals surface area contributed by atoms with Gasteiger partial charge in [-0.15, -0.1) is 0 Å². The molecule has 0 aromatic heterocycles. The van der Waals surface area contributed by atoms with Crippen LogP contribution in [0.3, 0.4) is 0 Å². The highest BCUT2D eigenvalue weighted by Crippen LogP contribution is 2.09. The lowest BCUT2D eigenvalue weighted by molar-refractivity contribution is -0.120. The van der Waals surface area contributed by atoms with E-state index in [2.05, 4.69) is 10.0 Å². The van der Waals surface area contributed by atoms with Crippen LogP contribution in [0.15, 0.2) is 29.2 Å². The molecule has 1 aromatic carbocycles. The molecule has 0 aliphatic heterocycles. The van der Waals surface area contributed by atoms with E-state index in [0.717, 1.165) is 0 Å². The van der Waals surface area contributed by atoms with Crippen LogP contribution >= 0.6 is 0 Å². The fraction of sp³-hybridized carbons (Fsp3) is 0.333. The van der Waals surface area contributed by atoms with Crippen LogP contribution in [0.2, 0.25) is 0 Å². The Balaban J connectivity index is 2.57. The number of ether oxygens (including phenoxy) is 1. The molecule has 0 fully saturated rings. The lowest BCUT2D eigenvalue weighted by atomic mass is 10.2. The third kappa shape index (κ3) is 4.97. The van der Waals surface area contributed by atoms with Crippen LogP contribution in [-0.4, -0.2) is 41.1 Å². The Kier molecular flexibility index (Phi) is 6.11. The quantitative estimate of drug-likeness (QED) is 0.666. The minimum absolute atomic E-state index is 0.00110. The summed E-state index contributed by atoms with van der Waals surface area (Å²) >= 11 is 0. The predicted octanol–water partition coefficient (Wildman–Crippen LogP) is -0.401. The summed E-state index contributed by atoms with van der Waals surface area (Å²) in [4.78, 5) is 11.4. The van der Waals surface area contributed by atoms with E-state index in [1.54, 1.807) is 0 Å². The van der Waals surface area contributed by atoms with Crippen LogP contribution in [0, 0.1) is 11.3 Å². The van der Waals surface area contributed by atoms with Gasteiger partial charge in [0.2, 0.25) is 15.9 Å². The van der Waals surface area contributed by atoms with Gasteiger partial charge in [-0.05, 0) is 24.3 Å². The number of rotatable bonds is 7. The minimum atomic E-state index is -3.76. The van der Waals surface area contributed by atoms with Gasteiger partial charge in [0.1, 0.15) is 0 Å². The summed E-state index contributed by atoms with van der Waals surface area (Å²) in [6, 6.07) is 7.30. The van der Waals surface area contributed by atoms with Gasteiger partial charge < -0.3 is 10.1 Å². The van der Waals surface area contributed by atoms with Gasteiger partial charge in [-0.25, -0.2) is 13.1 Å². The van der Waals surface area contributed by atoms with Crippen molar-refractivity contribution in [3.63, 3.8) is 0 Å². The first-order chi connectivity index (χ1) is 9.49. The van der Waals surface area contributed by atoms with Crippen molar-refractivity contribution >= 4 is 15.9 Å². The first kappa shape index (κ1) is 16.1. The Morgan fingerprint density at radius 3 is 2.55 bits per heavy atom. The summed E-state index contributed by atoms with van der Waals surface area (Å²) < 4.78 is 30.7. The molecule has 1 rings (SSSR count). The zero-order valence-corrected chi connectivity index (χ0v) is 11.7. The first-order valence-electron chi connectivity index (χ1n) is 5.75. The maximum Gasteiger partial charge on any atom is 0.241 e. The van der Waals surface area contributed by atoms with E-state index < -0.39 is 15.9 Å². The topological polar surface area (TPSA) is 108 Å². The van der Waals surface area contributed by atoms with Gasteiger partial charge >= 0.3 is 0 Å². The molecule has 0 radical (unpaired) electrons. The average Bonchev–Trinajstić information content (AvgIpc) is 2.45. The van der Waals surface area contributed by atoms with E-state index >= 15 is 0 Å². The second kappa shape index (κ2) is 7.59. The summed E-state index contributed by atoms with van der Waals surface area (Å²) in [6.45, 7) is 0.314. The molecule has 0 atom stereocenters. The van der Waals surface area contributed by atoms with Crippen molar-refractivity contribution < 1.29 is 17.9 Å². The van der Waals surface area contributed by atoms with Crippen molar-refractivity contribution in [1.29, 1.82) is 5.26 Å². The molecule has 0 saturated carbocycles. The standard InChI is InChI=1S/C12H15N3O4S/c1-19-7-6-14-12(16)9-15-20(17,18)11-4-2-10(8-13)3-5-11/h2-5,15H,6-7,9H2,1H3,(H,14,16). The van der Waals surface area contributed by atoms with Gasteiger partial charge in [-0.3, -0.25) is 4.79 Å². The van der Waals surface area contributed by atoms with Crippen molar-refractivity contribution in [2.75, 3.05) is 26.8 Å². The largest absolute Gasteiger partial charge is 0.383 e. The van der Waals surface area contributed by atoms with Gasteiger partial charge in [0.25, 0.3) is 0 Å². The fourth-order valence-electron chi connectivity index (χ4n) is 1.31. The van der Waals surface area contributed by atoms with E-state index in [4.69, 9.17) is 10.00 Å². The molecule has 1 aromatic rings. The molecule has 1 amide bonds. The van der Waals surface area contributed by atoms with Crippen LogP contribution in [0.4, 0.5) is 0 Å². The zero-order chi connectivity index (χ0) is 15.0. The Hall–Kier alpha value is -1.95. The molecule has 0 aliphatic carbocycles. The fourth-order valence-corrected chi connectivity index (χ4v) is 2.29. The molecule has 0 aliphatic rings. The molecule has 8 heteroatoms. The number of hydrogen-bond acceptors (Lipinski definition) is 5. The van der Waals surface area contributed by atoms with Crippen molar-refractivity contribution in [3.05, 3.63) is 29.8 Å². The highest BCUT2D eigenvalue weighted by atomic mass is 32.2. The predicted molar refractivity (Wildman–Crippen MR) is 71.2 cm³/mol. The van der Waals surface area contributed by atoms with Gasteiger partial charge in [-0.1, -0.05) is 0 Å². The summed E-state index contributed by atoms with van der Waals surface area (Å²) in [7, 11) is -2.26. The van der Waals surface area contributed by atoms with Gasteiger partial charge in [-0.2, -0.15) is 5.26 Å². The number of nitrogens with one attached hydrogen (secondary N) is 2. The molecule has 0 unspecified atom stereocenters. The SMILES string of the molecule is COCCNC(=O)CNS(=O)(=O)c1ccc(C#N)cc1. The number of amides is 1. The highest BCUT2D eigenvalue weighted by Gasteiger charge is 2.15. The third-order valence-electron chi connectivity index (χ3n) is 2.34. The van der Waals surface area contributed by atoms with Gasteiger partial charge in [0.15, 0.2) is 0 Å². The van der Waals surface area contributed by atoms with Crippen molar-refractivity contribution in [3.8, 4) is 6.07 Å². The monoisotopic (exact) mass is 297 g/mol. The van der Waals surface area contributed by atoms with Crippen LogP contribution in [0.5, 0.6) is 0 Å². The van der Waals surface area contributed by atoms with Crippen molar-refractivity contribution in [2.24, 2.45) is 0 Å². The Morgan fingerprint density at radius 1 is 1.35 bits per heavy atom. The summed E-state index contributed by atoms with van der Waals surface area (Å²) in [6.07, 6.45) is 0. The number of sulfonamides is 1. The number of benzene rings is 1. The Bertz CT molecular complexity index is 590. The molecule has 20 heavy (non-hydrogen) atoms. The summed E-state index contributed by atoms with van der Waals surface area (Å²) in [5.41, 5.74) is 0.362. The smallest absolute Gasteiger partial charge is 0.241 e. The number of nitrogens with zero attached hydrogens (tertiary/aromatic N) is 1. The molecule has 108 valence electrons. The number of methoxy groups -OCH3 is 1. The highest BCUT2D eigenvalue weighted by molar-refractivity contribution is 7.89. The molecule has 2 N–H and O–H groups in total. The molecule has 0 heterocycles. The van der Waals surface area contributed by atoms with Crippen LogP contribution in [0.1, 0.15) is 5.56 Å². The molecule has 0 spiro atoms. The number of carbonyl (C=O) groups is 1. The maximum atomic E-state index is 11.9. The second-order valence-corrected chi connectivity index (χ2v) is 5.57.